The molecule has 1 aromatic carbocycles. The Morgan fingerprint density at radius 3 is 2.32 bits per heavy atom. The Morgan fingerprint density at radius 1 is 1.10 bits per heavy atom. The maximum Gasteiger partial charge on any atom is 0.338 e. The number of hydrogen-bond donors (Lipinski definition) is 0. The second-order valence-corrected chi connectivity index (χ2v) is 10.6. The molecule has 0 spiro atoms. The normalized spacial score (nSPS) is 19.9. The van der Waals surface area contributed by atoms with Gasteiger partial charge in [-0.1, -0.05) is 19.9 Å². The predicted molar refractivity (Wildman–Crippen MR) is 118 cm³/mol. The van der Waals surface area contributed by atoms with Crippen LogP contribution in [-0.2, 0) is 21.8 Å². The van der Waals surface area contributed by atoms with Crippen LogP contribution in [0.15, 0.2) is 35.2 Å². The molecule has 0 amide bonds. The fourth-order valence-corrected chi connectivity index (χ4v) is 5.89. The average Bonchev–Trinajstić information content (AvgIpc) is 2.98. The molecule has 0 saturated carbocycles. The van der Waals surface area contributed by atoms with Gasteiger partial charge in [0.05, 0.1) is 10.5 Å². The highest BCUT2D eigenvalue weighted by Gasteiger charge is 2.32. The maximum absolute atomic E-state index is 13.1. The largest absolute Gasteiger partial charge is 0.454 e. The summed E-state index contributed by atoms with van der Waals surface area (Å²) in [6.07, 6.45) is 0.993. The summed E-state index contributed by atoms with van der Waals surface area (Å²) in [4.78, 5) is 25.0. The van der Waals surface area contributed by atoms with Crippen molar-refractivity contribution in [1.82, 2.24) is 8.87 Å². The Bertz CT molecular complexity index is 1090. The van der Waals surface area contributed by atoms with Crippen molar-refractivity contribution in [2.75, 3.05) is 19.7 Å². The van der Waals surface area contributed by atoms with E-state index in [1.807, 2.05) is 39.3 Å². The molecule has 1 fully saturated rings. The minimum absolute atomic E-state index is 0.0594. The van der Waals surface area contributed by atoms with Crippen molar-refractivity contribution in [3.63, 3.8) is 0 Å². The van der Waals surface area contributed by atoms with Crippen molar-refractivity contribution in [1.29, 1.82) is 0 Å². The lowest BCUT2D eigenvalue weighted by atomic mass is 9.94. The monoisotopic (exact) mass is 446 g/mol. The summed E-state index contributed by atoms with van der Waals surface area (Å²) in [6.45, 7) is 8.33. The van der Waals surface area contributed by atoms with Gasteiger partial charge in [0.2, 0.25) is 15.8 Å². The smallest absolute Gasteiger partial charge is 0.338 e. The Balaban J connectivity index is 1.72. The van der Waals surface area contributed by atoms with Crippen LogP contribution in [0.1, 0.15) is 52.4 Å². The summed E-state index contributed by atoms with van der Waals surface area (Å²) in [7, 11) is -1.85. The molecule has 0 N–H and O–H groups in total. The zero-order valence-electron chi connectivity index (χ0n) is 18.7. The number of ether oxygens (including phenoxy) is 1. The molecule has 31 heavy (non-hydrogen) atoms. The molecule has 0 radical (unpaired) electrons. The number of benzene rings is 1. The molecule has 2 unspecified atom stereocenters. The highest BCUT2D eigenvalue weighted by Crippen LogP contribution is 2.27. The number of Topliss-reactive ketones (excluding diaryl/α,β-unsaturated/α-hetero) is 1. The Labute approximate surface area is 184 Å². The van der Waals surface area contributed by atoms with Gasteiger partial charge in [0.15, 0.2) is 6.61 Å². The van der Waals surface area contributed by atoms with E-state index < -0.39 is 22.6 Å². The van der Waals surface area contributed by atoms with E-state index in [1.165, 1.54) is 28.6 Å². The fourth-order valence-electron chi connectivity index (χ4n) is 4.16. The van der Waals surface area contributed by atoms with Crippen molar-refractivity contribution in [3.8, 4) is 0 Å². The van der Waals surface area contributed by atoms with Crippen LogP contribution in [0.2, 0.25) is 0 Å². The Kier molecular flexibility index (Phi) is 6.71. The molecule has 3 rings (SSSR count). The number of carbonyl (C=O) groups excluding carboxylic acids is 2. The van der Waals surface area contributed by atoms with E-state index in [1.54, 1.807) is 6.07 Å². The molecule has 0 bridgehead atoms. The third kappa shape index (κ3) is 4.91. The van der Waals surface area contributed by atoms with E-state index in [4.69, 9.17) is 4.74 Å². The van der Waals surface area contributed by atoms with Crippen molar-refractivity contribution >= 4 is 21.8 Å². The van der Waals surface area contributed by atoms with Crippen LogP contribution in [0, 0.1) is 25.7 Å². The third-order valence-corrected chi connectivity index (χ3v) is 7.78. The lowest BCUT2D eigenvalue weighted by molar-refractivity contribution is 0.0474. The standard InChI is InChI=1S/C23H30N2O5S/c1-15-9-16(2)13-25(12-15)31(28,29)20-8-6-7-19(11-20)23(27)30-14-22(26)21-10-17(3)24(5)18(21)4/h6-8,10-11,15-16H,9,12-14H2,1-5H3. The summed E-state index contributed by atoms with van der Waals surface area (Å²) in [5, 5.41) is 0. The lowest BCUT2D eigenvalue weighted by Crippen LogP contribution is -2.42. The van der Waals surface area contributed by atoms with Crippen molar-refractivity contribution < 1.29 is 22.7 Å². The highest BCUT2D eigenvalue weighted by molar-refractivity contribution is 7.89. The molecule has 1 aliphatic heterocycles. The number of ketones is 1. The fraction of sp³-hybridized carbons (Fsp3) is 0.478. The van der Waals surface area contributed by atoms with Gasteiger partial charge in [-0.15, -0.1) is 0 Å². The number of piperidine rings is 1. The van der Waals surface area contributed by atoms with Gasteiger partial charge in [0.1, 0.15) is 0 Å². The van der Waals surface area contributed by atoms with Crippen molar-refractivity contribution in [3.05, 3.63) is 52.8 Å². The van der Waals surface area contributed by atoms with Crippen LogP contribution in [0.4, 0.5) is 0 Å². The molecule has 2 heterocycles. The van der Waals surface area contributed by atoms with Gasteiger partial charge < -0.3 is 9.30 Å². The van der Waals surface area contributed by atoms with Gasteiger partial charge in [0, 0.05) is 37.1 Å². The van der Waals surface area contributed by atoms with Gasteiger partial charge in [0.25, 0.3) is 0 Å². The zero-order valence-corrected chi connectivity index (χ0v) is 19.5. The summed E-state index contributed by atoms with van der Waals surface area (Å²) in [5.41, 5.74) is 2.36. The highest BCUT2D eigenvalue weighted by atomic mass is 32.2. The van der Waals surface area contributed by atoms with E-state index in [-0.39, 0.29) is 28.1 Å². The van der Waals surface area contributed by atoms with Crippen LogP contribution in [-0.4, -0.2) is 48.7 Å². The quantitative estimate of drug-likeness (QED) is 0.502. The van der Waals surface area contributed by atoms with E-state index in [0.717, 1.165) is 17.8 Å². The molecule has 1 saturated heterocycles. The molecular formula is C23H30N2O5S. The predicted octanol–water partition coefficient (Wildman–Crippen LogP) is 3.35. The minimum Gasteiger partial charge on any atom is -0.454 e. The molecule has 168 valence electrons. The van der Waals surface area contributed by atoms with E-state index in [2.05, 4.69) is 0 Å². The zero-order chi connectivity index (χ0) is 22.9. The van der Waals surface area contributed by atoms with Gasteiger partial charge in [-0.25, -0.2) is 13.2 Å². The first-order valence-corrected chi connectivity index (χ1v) is 11.9. The van der Waals surface area contributed by atoms with E-state index >= 15 is 0 Å². The minimum atomic E-state index is -3.71. The SMILES string of the molecule is Cc1cc(C(=O)COC(=O)c2cccc(S(=O)(=O)N3CC(C)CC(C)C3)c2)c(C)n1C. The molecular weight excluding hydrogens is 416 g/mol. The lowest BCUT2D eigenvalue weighted by Gasteiger charge is -2.34. The number of hydrogen-bond acceptors (Lipinski definition) is 5. The van der Waals surface area contributed by atoms with Gasteiger partial charge in [-0.3, -0.25) is 4.79 Å². The third-order valence-electron chi connectivity index (χ3n) is 5.95. The summed E-state index contributed by atoms with van der Waals surface area (Å²) < 4.78 is 34.8. The van der Waals surface area contributed by atoms with Crippen LogP contribution >= 0.6 is 0 Å². The van der Waals surface area contributed by atoms with Gasteiger partial charge in [-0.05, 0) is 56.4 Å². The van der Waals surface area contributed by atoms with Crippen molar-refractivity contribution in [2.45, 2.75) is 39.0 Å². The topological polar surface area (TPSA) is 85.7 Å². The van der Waals surface area contributed by atoms with Gasteiger partial charge >= 0.3 is 5.97 Å². The number of aryl methyl sites for hydroxylation is 1. The molecule has 1 aromatic heterocycles. The van der Waals surface area contributed by atoms with Crippen molar-refractivity contribution in [2.24, 2.45) is 18.9 Å². The number of aromatic nitrogens is 1. The van der Waals surface area contributed by atoms with Gasteiger partial charge in [-0.2, -0.15) is 4.31 Å². The Hall–Kier alpha value is -2.45. The number of rotatable bonds is 6. The first kappa shape index (κ1) is 23.2. The second-order valence-electron chi connectivity index (χ2n) is 8.64. The second kappa shape index (κ2) is 8.96. The summed E-state index contributed by atoms with van der Waals surface area (Å²) >= 11 is 0. The first-order chi connectivity index (χ1) is 14.5. The number of esters is 1. The van der Waals surface area contributed by atoms with Crippen LogP contribution in [0.25, 0.3) is 0 Å². The molecule has 8 heteroatoms. The molecule has 1 aliphatic rings. The molecule has 2 atom stereocenters. The van der Waals surface area contributed by atoms with Crippen LogP contribution in [0.5, 0.6) is 0 Å². The number of carbonyl (C=O) groups is 2. The van der Waals surface area contributed by atoms with Crippen LogP contribution in [0.3, 0.4) is 0 Å². The summed E-state index contributed by atoms with van der Waals surface area (Å²) in [6, 6.07) is 7.58. The van der Waals surface area contributed by atoms with E-state index in [0.29, 0.717) is 18.7 Å². The first-order valence-electron chi connectivity index (χ1n) is 10.4. The summed E-state index contributed by atoms with van der Waals surface area (Å²) in [5.74, 6) is -0.462. The van der Waals surface area contributed by atoms with E-state index in [9.17, 15) is 18.0 Å². The number of sulfonamides is 1. The number of nitrogens with zero attached hydrogens (tertiary/aromatic N) is 2. The maximum atomic E-state index is 13.1. The molecule has 2 aromatic rings. The molecule has 7 nitrogen and oxygen atoms in total. The Morgan fingerprint density at radius 2 is 1.74 bits per heavy atom. The average molecular weight is 447 g/mol. The molecule has 0 aliphatic carbocycles. The van der Waals surface area contributed by atoms with Crippen LogP contribution < -0.4 is 0 Å².